The number of hydrogen-bond donors (Lipinski definition) is 4. The van der Waals surface area contributed by atoms with Crippen LogP contribution in [0.4, 0.5) is 0 Å². The summed E-state index contributed by atoms with van der Waals surface area (Å²) in [7, 11) is 0. The minimum Gasteiger partial charge on any atom is -0.503 e. The number of carboxylic acids is 1. The van der Waals surface area contributed by atoms with Crippen LogP contribution in [0.3, 0.4) is 0 Å². The van der Waals surface area contributed by atoms with Gasteiger partial charge in [-0.15, -0.1) is 0 Å². The maximum absolute atomic E-state index is 14.5. The molecule has 0 bridgehead atoms. The first-order valence-corrected chi connectivity index (χ1v) is 16.9. The predicted molar refractivity (Wildman–Crippen MR) is 193 cm³/mol. The first-order chi connectivity index (χ1) is 25.6. The summed E-state index contributed by atoms with van der Waals surface area (Å²) >= 11 is 0. The molecule has 53 heavy (non-hydrogen) atoms. The lowest BCUT2D eigenvalue weighted by atomic mass is 9.87. The van der Waals surface area contributed by atoms with Gasteiger partial charge in [0.1, 0.15) is 11.6 Å². The van der Waals surface area contributed by atoms with Crippen LogP contribution in [-0.2, 0) is 25.7 Å². The summed E-state index contributed by atoms with van der Waals surface area (Å²) in [5, 5.41) is 41.8. The van der Waals surface area contributed by atoms with Crippen molar-refractivity contribution >= 4 is 45.8 Å². The van der Waals surface area contributed by atoms with E-state index in [0.29, 0.717) is 40.5 Å². The van der Waals surface area contributed by atoms with Crippen molar-refractivity contribution in [3.05, 3.63) is 119 Å². The topological polar surface area (TPSA) is 189 Å². The third-order valence-corrected chi connectivity index (χ3v) is 9.03. The second kappa shape index (κ2) is 16.4. The Morgan fingerprint density at radius 1 is 0.906 bits per heavy atom. The number of oxazole rings is 1. The SMILES string of the molecule is C[C@H]([C@H](C/C=C/c1nc2ccccc2o1)c1ccc2c(c1)OCO2)N(Cc1ccc2ccccc2c1)C(=O)C(O)=C(CC(=O)O)C(=O)OC(CO)CO. The van der Waals surface area contributed by atoms with E-state index in [1.807, 2.05) is 84.9 Å². The van der Waals surface area contributed by atoms with Crippen LogP contribution in [0.15, 0.2) is 107 Å². The molecule has 4 aromatic carbocycles. The average Bonchev–Trinajstić information content (AvgIpc) is 3.82. The number of aromatic nitrogens is 1. The molecule has 0 aliphatic carbocycles. The number of carbonyl (C=O) groups excluding carboxylic acids is 2. The fourth-order valence-corrected chi connectivity index (χ4v) is 6.21. The Bertz CT molecular complexity index is 2150. The van der Waals surface area contributed by atoms with Crippen LogP contribution >= 0.6 is 0 Å². The Labute approximate surface area is 304 Å². The quantitative estimate of drug-likeness (QED) is 0.0605. The van der Waals surface area contributed by atoms with Crippen molar-refractivity contribution in [2.75, 3.05) is 20.0 Å². The Morgan fingerprint density at radius 2 is 1.64 bits per heavy atom. The number of benzene rings is 4. The van der Waals surface area contributed by atoms with Crippen molar-refractivity contribution < 1.29 is 53.4 Å². The first kappa shape index (κ1) is 36.6. The molecule has 4 N–H and O–H groups in total. The molecule has 2 atom stereocenters. The Kier molecular flexibility index (Phi) is 11.4. The van der Waals surface area contributed by atoms with Gasteiger partial charge in [0.2, 0.25) is 12.7 Å². The van der Waals surface area contributed by atoms with Crippen molar-refractivity contribution in [3.63, 3.8) is 0 Å². The normalized spacial score (nSPS) is 14.0. The molecule has 13 nitrogen and oxygen atoms in total. The van der Waals surface area contributed by atoms with E-state index in [9.17, 15) is 34.8 Å². The van der Waals surface area contributed by atoms with Gasteiger partial charge in [-0.1, -0.05) is 60.7 Å². The number of carboxylic acid groups (broad SMARTS) is 1. The van der Waals surface area contributed by atoms with Gasteiger partial charge in [-0.2, -0.15) is 0 Å². The monoisotopic (exact) mass is 722 g/mol. The molecule has 1 aromatic heterocycles. The molecule has 1 aliphatic heterocycles. The zero-order valence-corrected chi connectivity index (χ0v) is 28.8. The highest BCUT2D eigenvalue weighted by Gasteiger charge is 2.34. The van der Waals surface area contributed by atoms with E-state index in [1.165, 1.54) is 4.90 Å². The molecule has 6 rings (SSSR count). The van der Waals surface area contributed by atoms with Gasteiger partial charge in [0.25, 0.3) is 5.91 Å². The van der Waals surface area contributed by atoms with Crippen LogP contribution < -0.4 is 9.47 Å². The van der Waals surface area contributed by atoms with Crippen molar-refractivity contribution in [2.24, 2.45) is 0 Å². The summed E-state index contributed by atoms with van der Waals surface area (Å²) in [5.74, 6) is -4.04. The molecule has 0 radical (unpaired) electrons. The van der Waals surface area contributed by atoms with Crippen LogP contribution in [0.25, 0.3) is 27.9 Å². The summed E-state index contributed by atoms with van der Waals surface area (Å²) in [4.78, 5) is 45.3. The fourth-order valence-electron chi connectivity index (χ4n) is 6.21. The second-order valence-corrected chi connectivity index (χ2v) is 12.5. The summed E-state index contributed by atoms with van der Waals surface area (Å²) < 4.78 is 22.1. The lowest BCUT2D eigenvalue weighted by Crippen LogP contribution is -2.43. The number of aliphatic hydroxyl groups excluding tert-OH is 3. The van der Waals surface area contributed by atoms with E-state index >= 15 is 0 Å². The maximum atomic E-state index is 14.5. The van der Waals surface area contributed by atoms with Gasteiger partial charge >= 0.3 is 11.9 Å². The zero-order valence-electron chi connectivity index (χ0n) is 28.8. The van der Waals surface area contributed by atoms with Gasteiger partial charge in [0.15, 0.2) is 22.8 Å². The van der Waals surface area contributed by atoms with Crippen molar-refractivity contribution in [1.29, 1.82) is 0 Å². The number of esters is 1. The molecule has 2 heterocycles. The lowest BCUT2D eigenvalue weighted by Gasteiger charge is -2.35. The highest BCUT2D eigenvalue weighted by molar-refractivity contribution is 6.03. The second-order valence-electron chi connectivity index (χ2n) is 12.5. The van der Waals surface area contributed by atoms with Crippen LogP contribution in [0.1, 0.15) is 42.7 Å². The summed E-state index contributed by atoms with van der Waals surface area (Å²) in [5.41, 5.74) is 1.96. The number of nitrogens with zero attached hydrogens (tertiary/aromatic N) is 2. The molecule has 274 valence electrons. The number of para-hydroxylation sites is 2. The van der Waals surface area contributed by atoms with E-state index < -0.39 is 66.9 Å². The number of fused-ring (bicyclic) bond motifs is 3. The molecule has 13 heteroatoms. The van der Waals surface area contributed by atoms with E-state index in [1.54, 1.807) is 19.1 Å². The Balaban J connectivity index is 1.41. The van der Waals surface area contributed by atoms with Gasteiger partial charge in [-0.05, 0) is 71.7 Å². The standard InChI is InChI=1S/C40H38N2O11/c1-24(30(28-15-16-34-35(18-28)51-23-50-34)9-6-12-36-41-32-10-4-5-11-33(32)53-36)42(20-25-13-14-26-7-2-3-8-27(26)17-25)39(48)38(47)31(19-37(45)46)40(49)52-29(21-43)22-44/h2-8,10-18,24,29-30,43-44,47H,9,19-23H2,1H3,(H,45,46)/b12-6+,38-31?/t24-,30+/m1/s1. The molecular weight excluding hydrogens is 684 g/mol. The fraction of sp³-hybridized carbons (Fsp3) is 0.250. The minimum absolute atomic E-state index is 0.0455. The molecule has 0 saturated heterocycles. The molecule has 0 saturated carbocycles. The van der Waals surface area contributed by atoms with E-state index in [0.717, 1.165) is 16.3 Å². The number of rotatable bonds is 15. The summed E-state index contributed by atoms with van der Waals surface area (Å²) in [6, 6.07) is 25.4. The number of carbonyl (C=O) groups is 3. The number of aliphatic carboxylic acids is 1. The van der Waals surface area contributed by atoms with Crippen molar-refractivity contribution in [2.45, 2.75) is 44.4 Å². The summed E-state index contributed by atoms with van der Waals surface area (Å²) in [6.45, 7) is 0.263. The molecule has 1 amide bonds. The van der Waals surface area contributed by atoms with E-state index in [2.05, 4.69) is 4.98 Å². The molecule has 5 aromatic rings. The maximum Gasteiger partial charge on any atom is 0.339 e. The smallest absolute Gasteiger partial charge is 0.339 e. The van der Waals surface area contributed by atoms with Crippen LogP contribution in [0.5, 0.6) is 11.5 Å². The first-order valence-electron chi connectivity index (χ1n) is 16.9. The molecule has 0 spiro atoms. The largest absolute Gasteiger partial charge is 0.503 e. The average molecular weight is 723 g/mol. The number of ether oxygens (including phenoxy) is 3. The predicted octanol–water partition coefficient (Wildman–Crippen LogP) is 5.50. The molecule has 0 fully saturated rings. The van der Waals surface area contributed by atoms with Crippen molar-refractivity contribution in [3.8, 4) is 11.5 Å². The molecular formula is C40H38N2O11. The highest BCUT2D eigenvalue weighted by atomic mass is 16.7. The minimum atomic E-state index is -1.52. The van der Waals surface area contributed by atoms with E-state index in [4.69, 9.17) is 18.6 Å². The number of allylic oxidation sites excluding steroid dienone is 1. The van der Waals surface area contributed by atoms with Gasteiger partial charge in [0.05, 0.1) is 25.2 Å². The Morgan fingerprint density at radius 3 is 2.40 bits per heavy atom. The number of hydrogen-bond acceptors (Lipinski definition) is 11. The Hall–Kier alpha value is -6.18. The highest BCUT2D eigenvalue weighted by Crippen LogP contribution is 2.38. The van der Waals surface area contributed by atoms with Crippen molar-refractivity contribution in [1.82, 2.24) is 9.88 Å². The molecule has 1 aliphatic rings. The van der Waals surface area contributed by atoms with Gasteiger partial charge in [0, 0.05) is 18.5 Å². The molecule has 0 unspecified atom stereocenters. The number of amides is 1. The number of aliphatic hydroxyl groups is 3. The van der Waals surface area contributed by atoms with E-state index in [-0.39, 0.29) is 13.3 Å². The third-order valence-electron chi connectivity index (χ3n) is 9.03. The zero-order chi connectivity index (χ0) is 37.5. The van der Waals surface area contributed by atoms with Gasteiger partial charge < -0.3 is 44.0 Å². The van der Waals surface area contributed by atoms with Crippen LogP contribution in [0.2, 0.25) is 0 Å². The third kappa shape index (κ3) is 8.49. The van der Waals surface area contributed by atoms with Crippen LogP contribution in [-0.4, -0.2) is 80.3 Å². The summed E-state index contributed by atoms with van der Waals surface area (Å²) in [6.07, 6.45) is 1.48. The lowest BCUT2D eigenvalue weighted by molar-refractivity contribution is -0.151. The van der Waals surface area contributed by atoms with Gasteiger partial charge in [-0.25, -0.2) is 9.78 Å². The van der Waals surface area contributed by atoms with Gasteiger partial charge in [-0.3, -0.25) is 9.59 Å². The van der Waals surface area contributed by atoms with Crippen LogP contribution in [0, 0.1) is 0 Å².